The van der Waals surface area contributed by atoms with Crippen LogP contribution in [0.15, 0.2) is 12.4 Å². The van der Waals surface area contributed by atoms with Crippen LogP contribution in [0, 0.1) is 11.3 Å². The zero-order valence-corrected chi connectivity index (χ0v) is 9.51. The van der Waals surface area contributed by atoms with Crippen molar-refractivity contribution in [2.45, 2.75) is 25.9 Å². The van der Waals surface area contributed by atoms with Gasteiger partial charge in [0.2, 0.25) is 0 Å². The van der Waals surface area contributed by atoms with Gasteiger partial charge in [0, 0.05) is 25.2 Å². The molecule has 84 valence electrons. The highest BCUT2D eigenvalue weighted by Gasteiger charge is 2.21. The summed E-state index contributed by atoms with van der Waals surface area (Å²) in [6.45, 7) is 6.15. The summed E-state index contributed by atoms with van der Waals surface area (Å²) in [6.07, 6.45) is 3.19. The summed E-state index contributed by atoms with van der Waals surface area (Å²) in [7, 11) is 0. The lowest BCUT2D eigenvalue weighted by molar-refractivity contribution is 0.405. The lowest BCUT2D eigenvalue weighted by Crippen LogP contribution is -2.54. The van der Waals surface area contributed by atoms with E-state index in [1.807, 2.05) is 6.07 Å². The number of nitrogens with one attached hydrogen (secondary N) is 1. The molecule has 0 amide bonds. The van der Waals surface area contributed by atoms with E-state index in [2.05, 4.69) is 34.0 Å². The third-order valence-corrected chi connectivity index (χ3v) is 2.63. The van der Waals surface area contributed by atoms with Gasteiger partial charge in [-0.25, -0.2) is 9.97 Å². The molecule has 0 spiro atoms. The maximum absolute atomic E-state index is 8.65. The van der Waals surface area contributed by atoms with Crippen LogP contribution in [0.5, 0.6) is 0 Å². The van der Waals surface area contributed by atoms with E-state index >= 15 is 0 Å². The molecule has 5 nitrogen and oxygen atoms in total. The van der Waals surface area contributed by atoms with E-state index in [9.17, 15) is 0 Å². The molecule has 0 bridgehead atoms. The maximum atomic E-state index is 8.65. The van der Waals surface area contributed by atoms with E-state index in [0.29, 0.717) is 17.8 Å². The van der Waals surface area contributed by atoms with Gasteiger partial charge in [-0.2, -0.15) is 5.26 Å². The quantitative estimate of drug-likeness (QED) is 0.743. The SMILES string of the molecule is CC1CN(c2cnc(C#N)cn2)CC(C)N1. The molecule has 1 aliphatic rings. The zero-order valence-electron chi connectivity index (χ0n) is 9.51. The fourth-order valence-corrected chi connectivity index (χ4v) is 2.06. The first-order valence-electron chi connectivity index (χ1n) is 5.42. The number of hydrogen-bond donors (Lipinski definition) is 1. The maximum Gasteiger partial charge on any atom is 0.158 e. The normalized spacial score (nSPS) is 25.2. The number of rotatable bonds is 1. The van der Waals surface area contributed by atoms with Crippen LogP contribution in [0.4, 0.5) is 5.82 Å². The summed E-state index contributed by atoms with van der Waals surface area (Å²) in [5.41, 5.74) is 0.361. The van der Waals surface area contributed by atoms with Gasteiger partial charge in [-0.1, -0.05) is 0 Å². The van der Waals surface area contributed by atoms with Gasteiger partial charge in [0.05, 0.1) is 12.4 Å². The summed E-state index contributed by atoms with van der Waals surface area (Å²) in [5, 5.41) is 12.1. The van der Waals surface area contributed by atoms with Crippen molar-refractivity contribution in [1.82, 2.24) is 15.3 Å². The lowest BCUT2D eigenvalue weighted by Gasteiger charge is -2.36. The first kappa shape index (κ1) is 10.8. The van der Waals surface area contributed by atoms with Crippen molar-refractivity contribution in [1.29, 1.82) is 5.26 Å². The van der Waals surface area contributed by atoms with Crippen molar-refractivity contribution in [2.24, 2.45) is 0 Å². The first-order chi connectivity index (χ1) is 7.69. The predicted octanol–water partition coefficient (Wildman–Crippen LogP) is 0.535. The summed E-state index contributed by atoms with van der Waals surface area (Å²) in [5.74, 6) is 0.846. The van der Waals surface area contributed by atoms with Gasteiger partial charge >= 0.3 is 0 Å². The highest BCUT2D eigenvalue weighted by atomic mass is 15.3. The summed E-state index contributed by atoms with van der Waals surface area (Å²) < 4.78 is 0. The van der Waals surface area contributed by atoms with E-state index in [-0.39, 0.29) is 0 Å². The number of nitrogens with zero attached hydrogens (tertiary/aromatic N) is 4. The molecule has 0 saturated carbocycles. The molecule has 0 aromatic carbocycles. The van der Waals surface area contributed by atoms with Crippen LogP contribution in [-0.2, 0) is 0 Å². The van der Waals surface area contributed by atoms with Crippen LogP contribution >= 0.6 is 0 Å². The van der Waals surface area contributed by atoms with Gasteiger partial charge in [0.1, 0.15) is 11.9 Å². The largest absolute Gasteiger partial charge is 0.352 e. The molecule has 2 atom stereocenters. The molecule has 5 heteroatoms. The molecule has 0 aliphatic carbocycles. The fourth-order valence-electron chi connectivity index (χ4n) is 2.06. The standard InChI is InChI=1S/C11H15N5/c1-8-6-16(7-9(2)15-8)11-5-13-10(3-12)4-14-11/h4-5,8-9,15H,6-7H2,1-2H3. The Morgan fingerprint density at radius 3 is 2.50 bits per heavy atom. The van der Waals surface area contributed by atoms with Gasteiger partial charge in [0.25, 0.3) is 0 Å². The second-order valence-corrected chi connectivity index (χ2v) is 4.25. The lowest BCUT2D eigenvalue weighted by atomic mass is 10.1. The highest BCUT2D eigenvalue weighted by molar-refractivity contribution is 5.38. The summed E-state index contributed by atoms with van der Waals surface area (Å²) in [6, 6.07) is 2.86. The Bertz CT molecular complexity index is 384. The van der Waals surface area contributed by atoms with E-state index in [1.165, 1.54) is 6.20 Å². The van der Waals surface area contributed by atoms with Crippen LogP contribution in [0.1, 0.15) is 19.5 Å². The Kier molecular flexibility index (Phi) is 3.02. The van der Waals surface area contributed by atoms with Gasteiger partial charge < -0.3 is 10.2 Å². The van der Waals surface area contributed by atoms with Gasteiger partial charge in [-0.15, -0.1) is 0 Å². The average Bonchev–Trinajstić information content (AvgIpc) is 2.28. The van der Waals surface area contributed by atoms with Gasteiger partial charge in [0.15, 0.2) is 5.69 Å². The first-order valence-corrected chi connectivity index (χ1v) is 5.42. The molecule has 16 heavy (non-hydrogen) atoms. The zero-order chi connectivity index (χ0) is 11.5. The number of nitriles is 1. The molecule has 1 aliphatic heterocycles. The summed E-state index contributed by atoms with van der Waals surface area (Å²) in [4.78, 5) is 10.5. The van der Waals surface area contributed by atoms with Crippen LogP contribution in [-0.4, -0.2) is 35.1 Å². The highest BCUT2D eigenvalue weighted by Crippen LogP contribution is 2.13. The second kappa shape index (κ2) is 4.45. The van der Waals surface area contributed by atoms with Crippen molar-refractivity contribution >= 4 is 5.82 Å². The van der Waals surface area contributed by atoms with Crippen LogP contribution in [0.3, 0.4) is 0 Å². The number of piperazine rings is 1. The van der Waals surface area contributed by atoms with Crippen molar-refractivity contribution in [3.8, 4) is 6.07 Å². The Labute approximate surface area is 95.1 Å². The molecular weight excluding hydrogens is 202 g/mol. The Morgan fingerprint density at radius 1 is 1.31 bits per heavy atom. The number of anilines is 1. The van der Waals surface area contributed by atoms with Crippen molar-refractivity contribution in [3.05, 3.63) is 18.1 Å². The molecule has 1 saturated heterocycles. The third kappa shape index (κ3) is 2.28. The van der Waals surface area contributed by atoms with E-state index < -0.39 is 0 Å². The average molecular weight is 217 g/mol. The Balaban J connectivity index is 2.14. The van der Waals surface area contributed by atoms with Crippen molar-refractivity contribution in [2.75, 3.05) is 18.0 Å². The molecule has 2 heterocycles. The number of hydrogen-bond acceptors (Lipinski definition) is 5. The van der Waals surface area contributed by atoms with E-state index in [0.717, 1.165) is 18.9 Å². The third-order valence-electron chi connectivity index (χ3n) is 2.63. The van der Waals surface area contributed by atoms with Crippen molar-refractivity contribution in [3.63, 3.8) is 0 Å². The van der Waals surface area contributed by atoms with Crippen LogP contribution in [0.25, 0.3) is 0 Å². The van der Waals surface area contributed by atoms with Gasteiger partial charge in [-0.05, 0) is 13.8 Å². The minimum atomic E-state index is 0.361. The van der Waals surface area contributed by atoms with E-state index in [4.69, 9.17) is 5.26 Å². The summed E-state index contributed by atoms with van der Waals surface area (Å²) >= 11 is 0. The molecule has 2 rings (SSSR count). The minimum absolute atomic E-state index is 0.361. The number of aromatic nitrogens is 2. The van der Waals surface area contributed by atoms with Crippen molar-refractivity contribution < 1.29 is 0 Å². The molecule has 2 unspecified atom stereocenters. The molecular formula is C11H15N5. The second-order valence-electron chi connectivity index (χ2n) is 4.25. The topological polar surface area (TPSA) is 64.8 Å². The Hall–Kier alpha value is -1.67. The minimum Gasteiger partial charge on any atom is -0.352 e. The van der Waals surface area contributed by atoms with Crippen LogP contribution in [0.2, 0.25) is 0 Å². The molecule has 1 N–H and O–H groups in total. The molecule has 1 aromatic rings. The van der Waals surface area contributed by atoms with Crippen LogP contribution < -0.4 is 10.2 Å². The predicted molar refractivity (Wildman–Crippen MR) is 61.0 cm³/mol. The Morgan fingerprint density at radius 2 is 2.00 bits per heavy atom. The fraction of sp³-hybridized carbons (Fsp3) is 0.545. The van der Waals surface area contributed by atoms with E-state index in [1.54, 1.807) is 6.20 Å². The smallest absolute Gasteiger partial charge is 0.158 e. The molecule has 0 radical (unpaired) electrons. The monoisotopic (exact) mass is 217 g/mol. The molecule has 1 fully saturated rings. The molecule has 1 aromatic heterocycles. The van der Waals surface area contributed by atoms with Gasteiger partial charge in [-0.3, -0.25) is 0 Å².